The van der Waals surface area contributed by atoms with E-state index >= 15 is 0 Å². The summed E-state index contributed by atoms with van der Waals surface area (Å²) in [4.78, 5) is 11.9. The molecular weight excluding hydrogens is 290 g/mol. The Morgan fingerprint density at radius 3 is 2.13 bits per heavy atom. The lowest BCUT2D eigenvalue weighted by molar-refractivity contribution is 0.116. The van der Waals surface area contributed by atoms with Crippen LogP contribution in [0.2, 0.25) is 0 Å². The van der Waals surface area contributed by atoms with Gasteiger partial charge in [-0.15, -0.1) is 0 Å². The maximum atomic E-state index is 11.9. The molecule has 1 amide bonds. The van der Waals surface area contributed by atoms with Crippen LogP contribution in [-0.4, -0.2) is 30.0 Å². The normalized spacial score (nSPS) is 15.4. The van der Waals surface area contributed by atoms with Crippen molar-refractivity contribution in [3.63, 3.8) is 0 Å². The Morgan fingerprint density at radius 1 is 1.09 bits per heavy atom. The van der Waals surface area contributed by atoms with Crippen LogP contribution in [-0.2, 0) is 4.74 Å². The maximum absolute atomic E-state index is 11.9. The molecule has 0 bridgehead atoms. The van der Waals surface area contributed by atoms with E-state index in [1.165, 1.54) is 22.3 Å². The lowest BCUT2D eigenvalue weighted by atomic mass is 9.98. The smallest absolute Gasteiger partial charge is 0.407 e. The second-order valence-corrected chi connectivity index (χ2v) is 6.00. The Hall–Kier alpha value is -2.33. The van der Waals surface area contributed by atoms with E-state index in [9.17, 15) is 9.90 Å². The molecule has 0 aromatic heterocycles. The summed E-state index contributed by atoms with van der Waals surface area (Å²) in [5, 5.41) is 12.1. The van der Waals surface area contributed by atoms with Gasteiger partial charge in [-0.25, -0.2) is 4.79 Å². The van der Waals surface area contributed by atoms with Crippen molar-refractivity contribution < 1.29 is 14.6 Å². The Morgan fingerprint density at radius 2 is 1.61 bits per heavy atom. The van der Waals surface area contributed by atoms with Crippen LogP contribution in [0.5, 0.6) is 0 Å². The van der Waals surface area contributed by atoms with Gasteiger partial charge in [0, 0.05) is 5.92 Å². The third kappa shape index (κ3) is 3.08. The van der Waals surface area contributed by atoms with Gasteiger partial charge in [0.15, 0.2) is 0 Å². The molecule has 0 aliphatic heterocycles. The fraction of sp³-hybridized carbons (Fsp3) is 0.316. The van der Waals surface area contributed by atoms with Gasteiger partial charge in [0.05, 0.1) is 12.1 Å². The molecule has 2 aromatic carbocycles. The summed E-state index contributed by atoms with van der Waals surface area (Å²) >= 11 is 0. The number of hydrogen-bond donors (Lipinski definition) is 2. The minimum absolute atomic E-state index is 0.0509. The van der Waals surface area contributed by atoms with E-state index in [4.69, 9.17) is 4.74 Å². The van der Waals surface area contributed by atoms with E-state index in [1.807, 2.05) is 24.3 Å². The molecule has 0 saturated carbocycles. The lowest BCUT2D eigenvalue weighted by Gasteiger charge is -2.18. The quantitative estimate of drug-likeness (QED) is 0.911. The van der Waals surface area contributed by atoms with Crippen LogP contribution in [0.4, 0.5) is 4.79 Å². The summed E-state index contributed by atoms with van der Waals surface area (Å²) < 4.78 is 5.40. The van der Waals surface area contributed by atoms with Crippen LogP contribution in [0.15, 0.2) is 48.5 Å². The first-order chi connectivity index (χ1) is 11.1. The molecule has 0 unspecified atom stereocenters. The third-order valence-electron chi connectivity index (χ3n) is 4.41. The summed E-state index contributed by atoms with van der Waals surface area (Å²) in [5.41, 5.74) is 4.78. The number of ether oxygens (including phenoxy) is 1. The van der Waals surface area contributed by atoms with Crippen LogP contribution >= 0.6 is 0 Å². The van der Waals surface area contributed by atoms with Gasteiger partial charge < -0.3 is 15.2 Å². The minimum atomic E-state index is -0.615. The van der Waals surface area contributed by atoms with Gasteiger partial charge >= 0.3 is 6.09 Å². The number of fused-ring (bicyclic) bond motifs is 3. The fourth-order valence-corrected chi connectivity index (χ4v) is 2.95. The topological polar surface area (TPSA) is 58.6 Å². The van der Waals surface area contributed by atoms with Gasteiger partial charge in [-0.2, -0.15) is 0 Å². The first-order valence-electron chi connectivity index (χ1n) is 7.87. The number of nitrogens with one attached hydrogen (secondary N) is 1. The zero-order chi connectivity index (χ0) is 16.4. The monoisotopic (exact) mass is 311 g/mol. The van der Waals surface area contributed by atoms with E-state index < -0.39 is 12.2 Å². The molecule has 0 heterocycles. The third-order valence-corrected chi connectivity index (χ3v) is 4.41. The van der Waals surface area contributed by atoms with Crippen LogP contribution < -0.4 is 5.32 Å². The van der Waals surface area contributed by atoms with E-state index in [-0.39, 0.29) is 18.6 Å². The molecule has 0 fully saturated rings. The number of alkyl carbamates (subject to hydrolysis) is 1. The van der Waals surface area contributed by atoms with Crippen molar-refractivity contribution in [1.29, 1.82) is 0 Å². The molecule has 2 aromatic rings. The number of amides is 1. The van der Waals surface area contributed by atoms with E-state index in [1.54, 1.807) is 13.8 Å². The zero-order valence-electron chi connectivity index (χ0n) is 13.3. The summed E-state index contributed by atoms with van der Waals surface area (Å²) in [7, 11) is 0. The van der Waals surface area contributed by atoms with Gasteiger partial charge in [-0.05, 0) is 36.1 Å². The number of carbonyl (C=O) groups excluding carboxylic acids is 1. The maximum Gasteiger partial charge on any atom is 0.407 e. The molecule has 0 radical (unpaired) electrons. The SMILES string of the molecule is C[C@H](O)[C@@H](C)NC(=O)OCC1c2ccccc2-c2ccccc21. The van der Waals surface area contributed by atoms with Gasteiger partial charge in [-0.1, -0.05) is 48.5 Å². The number of rotatable bonds is 4. The van der Waals surface area contributed by atoms with Crippen molar-refractivity contribution in [2.24, 2.45) is 0 Å². The first-order valence-corrected chi connectivity index (χ1v) is 7.87. The van der Waals surface area contributed by atoms with Gasteiger partial charge in [0.25, 0.3) is 0 Å². The molecule has 2 atom stereocenters. The molecule has 1 aliphatic carbocycles. The predicted octanol–water partition coefficient (Wildman–Crippen LogP) is 3.29. The minimum Gasteiger partial charge on any atom is -0.449 e. The Labute approximate surface area is 136 Å². The first kappa shape index (κ1) is 15.6. The second-order valence-electron chi connectivity index (χ2n) is 6.00. The van der Waals surface area contributed by atoms with Crippen molar-refractivity contribution in [3.8, 4) is 11.1 Å². The van der Waals surface area contributed by atoms with Gasteiger partial charge in [0.2, 0.25) is 0 Å². The Kier molecular flexibility index (Phi) is 4.35. The summed E-state index contributed by atoms with van der Waals surface area (Å²) in [6.45, 7) is 3.66. The van der Waals surface area contributed by atoms with Crippen LogP contribution in [0, 0.1) is 0 Å². The molecule has 0 spiro atoms. The summed E-state index contributed by atoms with van der Waals surface area (Å²) in [6, 6.07) is 16.1. The van der Waals surface area contributed by atoms with E-state index in [0.29, 0.717) is 0 Å². The second kappa shape index (κ2) is 6.42. The van der Waals surface area contributed by atoms with Crippen molar-refractivity contribution in [2.45, 2.75) is 31.9 Å². The van der Waals surface area contributed by atoms with Crippen molar-refractivity contribution in [1.82, 2.24) is 5.32 Å². The molecule has 2 N–H and O–H groups in total. The Bertz CT molecular complexity index is 666. The molecular formula is C19H21NO3. The van der Waals surface area contributed by atoms with Crippen LogP contribution in [0.3, 0.4) is 0 Å². The number of carbonyl (C=O) groups is 1. The van der Waals surface area contributed by atoms with Crippen molar-refractivity contribution >= 4 is 6.09 Å². The average molecular weight is 311 g/mol. The number of aliphatic hydroxyl groups is 1. The highest BCUT2D eigenvalue weighted by Crippen LogP contribution is 2.44. The largest absolute Gasteiger partial charge is 0.449 e. The van der Waals surface area contributed by atoms with Crippen LogP contribution in [0.25, 0.3) is 11.1 Å². The molecule has 120 valence electrons. The lowest BCUT2D eigenvalue weighted by Crippen LogP contribution is -2.40. The number of hydrogen-bond acceptors (Lipinski definition) is 3. The van der Waals surface area contributed by atoms with Crippen molar-refractivity contribution in [3.05, 3.63) is 59.7 Å². The standard InChI is InChI=1S/C19H21NO3/c1-12(13(2)21)20-19(22)23-11-18-16-9-5-3-7-14(16)15-8-4-6-10-17(15)18/h3-10,12-13,18,21H,11H2,1-2H3,(H,20,22)/t12-,13+/m1/s1. The molecule has 4 heteroatoms. The molecule has 1 aliphatic rings. The average Bonchev–Trinajstić information content (AvgIpc) is 2.87. The highest BCUT2D eigenvalue weighted by molar-refractivity contribution is 5.79. The molecule has 4 nitrogen and oxygen atoms in total. The van der Waals surface area contributed by atoms with E-state index in [2.05, 4.69) is 29.6 Å². The highest BCUT2D eigenvalue weighted by Gasteiger charge is 2.29. The molecule has 23 heavy (non-hydrogen) atoms. The molecule has 0 saturated heterocycles. The van der Waals surface area contributed by atoms with Gasteiger partial charge in [-0.3, -0.25) is 0 Å². The molecule has 3 rings (SSSR count). The van der Waals surface area contributed by atoms with E-state index in [0.717, 1.165) is 0 Å². The summed E-state index contributed by atoms with van der Waals surface area (Å²) in [6.07, 6.45) is -1.12. The zero-order valence-corrected chi connectivity index (χ0v) is 13.3. The van der Waals surface area contributed by atoms with Crippen LogP contribution in [0.1, 0.15) is 30.9 Å². The number of aliphatic hydroxyl groups excluding tert-OH is 1. The highest BCUT2D eigenvalue weighted by atomic mass is 16.5. The summed E-state index contributed by atoms with van der Waals surface area (Å²) in [5.74, 6) is 0.0509. The predicted molar refractivity (Wildman–Crippen MR) is 89.3 cm³/mol. The van der Waals surface area contributed by atoms with Gasteiger partial charge in [0.1, 0.15) is 6.61 Å². The van der Waals surface area contributed by atoms with Crippen molar-refractivity contribution in [2.75, 3.05) is 6.61 Å². The fourth-order valence-electron chi connectivity index (χ4n) is 2.95. The Balaban J connectivity index is 1.75. The number of benzene rings is 2.